The van der Waals surface area contributed by atoms with Gasteiger partial charge >= 0.3 is 0 Å². The van der Waals surface area contributed by atoms with E-state index < -0.39 is 0 Å². The lowest BCUT2D eigenvalue weighted by atomic mass is 10.1. The summed E-state index contributed by atoms with van der Waals surface area (Å²) >= 11 is 0. The lowest BCUT2D eigenvalue weighted by Crippen LogP contribution is -2.30. The number of carbonyl (C=O) groups excluding carboxylic acids is 1. The summed E-state index contributed by atoms with van der Waals surface area (Å²) < 4.78 is 1.77. The third kappa shape index (κ3) is 3.87. The van der Waals surface area contributed by atoms with Crippen molar-refractivity contribution in [2.45, 2.75) is 32.9 Å². The normalized spacial score (nSPS) is 12.1. The summed E-state index contributed by atoms with van der Waals surface area (Å²) in [4.78, 5) is 16.7. The standard InChI is InChI=1S/C17H20N6O/c1-12-10-18-23(11-12)9-8-15(24)20-16(14-6-4-3-5-7-14)17-19-13(2)21-22-17/h3-7,10-11,16H,8-9H2,1-2H3,(H,20,24)(H,19,21,22)/t16-/m1/s1. The molecule has 0 aliphatic carbocycles. The molecule has 1 atom stereocenters. The zero-order chi connectivity index (χ0) is 16.9. The fourth-order valence-electron chi connectivity index (χ4n) is 2.47. The maximum atomic E-state index is 12.4. The molecule has 0 bridgehead atoms. The van der Waals surface area contributed by atoms with Crippen LogP contribution in [-0.4, -0.2) is 30.9 Å². The molecule has 1 aromatic carbocycles. The number of H-pyrrole nitrogens is 1. The second kappa shape index (κ2) is 7.08. The van der Waals surface area contributed by atoms with Gasteiger partial charge in [0.2, 0.25) is 5.91 Å². The van der Waals surface area contributed by atoms with Gasteiger partial charge in [0, 0.05) is 19.2 Å². The van der Waals surface area contributed by atoms with Gasteiger partial charge in [-0.3, -0.25) is 14.6 Å². The minimum absolute atomic E-state index is 0.0699. The minimum atomic E-state index is -0.372. The number of amides is 1. The SMILES string of the molecule is Cc1cnn(CCC(=O)N[C@H](c2ccccc2)c2n[nH]c(C)n2)c1. The van der Waals surface area contributed by atoms with Crippen molar-refractivity contribution in [3.05, 3.63) is 65.5 Å². The van der Waals surface area contributed by atoms with Crippen molar-refractivity contribution in [3.63, 3.8) is 0 Å². The van der Waals surface area contributed by atoms with Crippen molar-refractivity contribution in [1.29, 1.82) is 0 Å². The van der Waals surface area contributed by atoms with Crippen molar-refractivity contribution in [2.24, 2.45) is 0 Å². The molecule has 3 rings (SSSR count). The van der Waals surface area contributed by atoms with E-state index in [1.807, 2.05) is 50.4 Å². The average molecular weight is 324 g/mol. The lowest BCUT2D eigenvalue weighted by molar-refractivity contribution is -0.121. The van der Waals surface area contributed by atoms with Gasteiger partial charge in [0.15, 0.2) is 5.82 Å². The topological polar surface area (TPSA) is 88.5 Å². The van der Waals surface area contributed by atoms with Crippen LogP contribution in [0.5, 0.6) is 0 Å². The molecule has 0 saturated heterocycles. The lowest BCUT2D eigenvalue weighted by Gasteiger charge is -2.16. The zero-order valence-corrected chi connectivity index (χ0v) is 13.7. The fourth-order valence-corrected chi connectivity index (χ4v) is 2.47. The van der Waals surface area contributed by atoms with Crippen LogP contribution in [0.4, 0.5) is 0 Å². The number of nitrogens with zero attached hydrogens (tertiary/aromatic N) is 4. The molecular weight excluding hydrogens is 304 g/mol. The van der Waals surface area contributed by atoms with E-state index in [0.717, 1.165) is 11.1 Å². The Morgan fingerprint density at radius 1 is 1.29 bits per heavy atom. The highest BCUT2D eigenvalue weighted by molar-refractivity contribution is 5.76. The van der Waals surface area contributed by atoms with Gasteiger partial charge in [0.25, 0.3) is 0 Å². The van der Waals surface area contributed by atoms with Crippen LogP contribution in [0.3, 0.4) is 0 Å². The Morgan fingerprint density at radius 3 is 2.71 bits per heavy atom. The average Bonchev–Trinajstić information content (AvgIpc) is 3.20. The molecular formula is C17H20N6O. The summed E-state index contributed by atoms with van der Waals surface area (Å²) in [6.07, 6.45) is 4.04. The first-order valence-corrected chi connectivity index (χ1v) is 7.84. The minimum Gasteiger partial charge on any atom is -0.342 e. The number of aromatic amines is 1. The highest BCUT2D eigenvalue weighted by atomic mass is 16.1. The van der Waals surface area contributed by atoms with E-state index in [4.69, 9.17) is 0 Å². The van der Waals surface area contributed by atoms with Gasteiger partial charge in [-0.25, -0.2) is 4.98 Å². The van der Waals surface area contributed by atoms with Crippen LogP contribution in [0.2, 0.25) is 0 Å². The van der Waals surface area contributed by atoms with Crippen molar-refractivity contribution in [1.82, 2.24) is 30.3 Å². The van der Waals surface area contributed by atoms with Crippen LogP contribution in [0.1, 0.15) is 35.2 Å². The van der Waals surface area contributed by atoms with Crippen LogP contribution in [-0.2, 0) is 11.3 Å². The van der Waals surface area contributed by atoms with E-state index in [2.05, 4.69) is 25.6 Å². The molecule has 0 unspecified atom stereocenters. The van der Waals surface area contributed by atoms with Crippen molar-refractivity contribution in [3.8, 4) is 0 Å². The molecule has 0 radical (unpaired) electrons. The first-order valence-electron chi connectivity index (χ1n) is 7.84. The highest BCUT2D eigenvalue weighted by Crippen LogP contribution is 2.18. The number of aromatic nitrogens is 5. The van der Waals surface area contributed by atoms with Crippen molar-refractivity contribution >= 4 is 5.91 Å². The Labute approximate surface area is 140 Å². The summed E-state index contributed by atoms with van der Waals surface area (Å²) in [7, 11) is 0. The highest BCUT2D eigenvalue weighted by Gasteiger charge is 2.20. The molecule has 7 nitrogen and oxygen atoms in total. The summed E-state index contributed by atoms with van der Waals surface area (Å²) in [5.41, 5.74) is 2.02. The van der Waals surface area contributed by atoms with Crippen LogP contribution in [0.25, 0.3) is 0 Å². The van der Waals surface area contributed by atoms with Gasteiger partial charge in [0.1, 0.15) is 11.9 Å². The van der Waals surface area contributed by atoms with Gasteiger partial charge in [0.05, 0.1) is 6.20 Å². The first-order chi connectivity index (χ1) is 11.6. The molecule has 7 heteroatoms. The molecule has 0 aliphatic rings. The maximum absolute atomic E-state index is 12.4. The second-order valence-corrected chi connectivity index (χ2v) is 5.72. The smallest absolute Gasteiger partial charge is 0.222 e. The molecule has 2 aromatic heterocycles. The molecule has 3 aromatic rings. The van der Waals surface area contributed by atoms with Crippen LogP contribution in [0.15, 0.2) is 42.7 Å². The van der Waals surface area contributed by atoms with Crippen LogP contribution >= 0.6 is 0 Å². The number of aryl methyl sites for hydroxylation is 3. The van der Waals surface area contributed by atoms with Crippen LogP contribution < -0.4 is 5.32 Å². The van der Waals surface area contributed by atoms with Gasteiger partial charge in [-0.15, -0.1) is 0 Å². The third-order valence-electron chi connectivity index (χ3n) is 3.64. The van der Waals surface area contributed by atoms with E-state index in [-0.39, 0.29) is 11.9 Å². The van der Waals surface area contributed by atoms with E-state index in [0.29, 0.717) is 24.6 Å². The molecule has 1 amide bonds. The molecule has 0 saturated carbocycles. The quantitative estimate of drug-likeness (QED) is 0.725. The number of nitrogens with one attached hydrogen (secondary N) is 2. The van der Waals surface area contributed by atoms with Crippen molar-refractivity contribution in [2.75, 3.05) is 0 Å². The molecule has 124 valence electrons. The van der Waals surface area contributed by atoms with Gasteiger partial charge in [-0.1, -0.05) is 30.3 Å². The van der Waals surface area contributed by atoms with Gasteiger partial charge in [-0.2, -0.15) is 10.2 Å². The number of benzene rings is 1. The molecule has 0 spiro atoms. The molecule has 24 heavy (non-hydrogen) atoms. The molecule has 0 aliphatic heterocycles. The molecule has 0 fully saturated rings. The number of hydrogen-bond acceptors (Lipinski definition) is 4. The number of hydrogen-bond donors (Lipinski definition) is 2. The Hall–Kier alpha value is -2.96. The second-order valence-electron chi connectivity index (χ2n) is 5.72. The number of rotatable bonds is 6. The zero-order valence-electron chi connectivity index (χ0n) is 13.7. The Kier molecular flexibility index (Phi) is 4.69. The third-order valence-corrected chi connectivity index (χ3v) is 3.64. The van der Waals surface area contributed by atoms with Crippen molar-refractivity contribution < 1.29 is 4.79 Å². The predicted octanol–water partition coefficient (Wildman–Crippen LogP) is 1.91. The molecule has 2 N–H and O–H groups in total. The van der Waals surface area contributed by atoms with E-state index in [1.54, 1.807) is 10.9 Å². The number of carbonyl (C=O) groups is 1. The summed E-state index contributed by atoms with van der Waals surface area (Å²) in [5.74, 6) is 1.20. The monoisotopic (exact) mass is 324 g/mol. The summed E-state index contributed by atoms with van der Waals surface area (Å²) in [6, 6.07) is 9.33. The Balaban J connectivity index is 1.70. The van der Waals surface area contributed by atoms with Gasteiger partial charge < -0.3 is 5.32 Å². The molecule has 2 heterocycles. The Morgan fingerprint density at radius 2 is 2.08 bits per heavy atom. The first kappa shape index (κ1) is 15.9. The van der Waals surface area contributed by atoms with Gasteiger partial charge in [-0.05, 0) is 25.0 Å². The summed E-state index contributed by atoms with van der Waals surface area (Å²) in [5, 5.41) is 14.2. The summed E-state index contributed by atoms with van der Waals surface area (Å²) in [6.45, 7) is 4.34. The fraction of sp³-hybridized carbons (Fsp3) is 0.294. The maximum Gasteiger partial charge on any atom is 0.222 e. The largest absolute Gasteiger partial charge is 0.342 e. The van der Waals surface area contributed by atoms with Crippen LogP contribution in [0, 0.1) is 13.8 Å². The van der Waals surface area contributed by atoms with E-state index in [9.17, 15) is 4.79 Å². The van der Waals surface area contributed by atoms with E-state index in [1.165, 1.54) is 0 Å². The Bertz CT molecular complexity index is 807. The predicted molar refractivity (Wildman–Crippen MR) is 89.1 cm³/mol. The van der Waals surface area contributed by atoms with E-state index >= 15 is 0 Å².